The van der Waals surface area contributed by atoms with Crippen LogP contribution < -0.4 is 0 Å². The average molecular weight is 239 g/mol. The molecule has 0 spiro atoms. The number of hydrogen-bond donors (Lipinski definition) is 0. The summed E-state index contributed by atoms with van der Waals surface area (Å²) in [4.78, 5) is 13.6. The second-order valence-corrected chi connectivity index (χ2v) is 6.64. The van der Waals surface area contributed by atoms with Crippen LogP contribution in [-0.4, -0.2) is 36.6 Å². The van der Waals surface area contributed by atoms with Crippen molar-refractivity contribution in [2.45, 2.75) is 46.1 Å². The van der Waals surface area contributed by atoms with Gasteiger partial charge in [0.15, 0.2) is 0 Å². The highest BCUT2D eigenvalue weighted by Crippen LogP contribution is 2.55. The van der Waals surface area contributed by atoms with Crippen molar-refractivity contribution in [3.05, 3.63) is 0 Å². The number of hydrogen-bond acceptors (Lipinski definition) is 2. The maximum Gasteiger partial charge on any atom is 0.219 e. The molecule has 1 amide bonds. The zero-order valence-corrected chi connectivity index (χ0v) is 11.7. The smallest absolute Gasteiger partial charge is 0.219 e. The van der Waals surface area contributed by atoms with E-state index in [1.165, 1.54) is 12.8 Å². The first-order valence-corrected chi connectivity index (χ1v) is 6.63. The fourth-order valence-corrected chi connectivity index (χ4v) is 4.35. The van der Waals surface area contributed by atoms with E-state index < -0.39 is 0 Å². The Labute approximate surface area is 105 Å². The third-order valence-electron chi connectivity index (χ3n) is 4.91. The number of ether oxygens (including phenoxy) is 1. The van der Waals surface area contributed by atoms with E-state index >= 15 is 0 Å². The molecule has 0 aromatic carbocycles. The highest BCUT2D eigenvalue weighted by molar-refractivity contribution is 5.73. The fourth-order valence-electron chi connectivity index (χ4n) is 4.35. The number of rotatable bonds is 1. The first kappa shape index (κ1) is 12.9. The molecule has 2 unspecified atom stereocenters. The molecule has 1 saturated heterocycles. The standard InChI is InChI=1S/C14H25NO2/c1-10(16)15-8-11-6-7-12(9-15)14(11,17-5)13(2,3)4/h11-12H,6-9H2,1-5H3. The van der Waals surface area contributed by atoms with Crippen LogP contribution in [0, 0.1) is 17.3 Å². The van der Waals surface area contributed by atoms with Gasteiger partial charge in [0.25, 0.3) is 0 Å². The van der Waals surface area contributed by atoms with Gasteiger partial charge in [-0.2, -0.15) is 0 Å². The first-order chi connectivity index (χ1) is 7.83. The van der Waals surface area contributed by atoms with E-state index in [0.717, 1.165) is 13.1 Å². The Hall–Kier alpha value is -0.570. The lowest BCUT2D eigenvalue weighted by Crippen LogP contribution is -2.61. The van der Waals surface area contributed by atoms with E-state index in [2.05, 4.69) is 20.8 Å². The normalized spacial score (nSPS) is 37.4. The fraction of sp³-hybridized carbons (Fsp3) is 0.929. The summed E-state index contributed by atoms with van der Waals surface area (Å²) in [5.41, 5.74) is 0.0927. The van der Waals surface area contributed by atoms with Crippen LogP contribution in [0.1, 0.15) is 40.5 Å². The van der Waals surface area contributed by atoms with Crippen LogP contribution in [0.25, 0.3) is 0 Å². The molecule has 1 aliphatic heterocycles. The number of methoxy groups -OCH3 is 1. The lowest BCUT2D eigenvalue weighted by molar-refractivity contribution is -0.179. The van der Waals surface area contributed by atoms with E-state index in [9.17, 15) is 4.79 Å². The maximum absolute atomic E-state index is 11.6. The molecular formula is C14H25NO2. The summed E-state index contributed by atoms with van der Waals surface area (Å²) >= 11 is 0. The van der Waals surface area contributed by atoms with Gasteiger partial charge >= 0.3 is 0 Å². The monoisotopic (exact) mass is 239 g/mol. The van der Waals surface area contributed by atoms with Gasteiger partial charge in [0.2, 0.25) is 5.91 Å². The van der Waals surface area contributed by atoms with Crippen molar-refractivity contribution in [1.29, 1.82) is 0 Å². The van der Waals surface area contributed by atoms with Crippen LogP contribution in [0.5, 0.6) is 0 Å². The molecule has 0 aromatic heterocycles. The Balaban J connectivity index is 2.31. The molecule has 98 valence electrons. The lowest BCUT2D eigenvalue weighted by Gasteiger charge is -2.53. The van der Waals surface area contributed by atoms with E-state index in [1.807, 2.05) is 12.0 Å². The summed E-state index contributed by atoms with van der Waals surface area (Å²) < 4.78 is 6.02. The number of carbonyl (C=O) groups is 1. The summed E-state index contributed by atoms with van der Waals surface area (Å²) in [5, 5.41) is 0. The topological polar surface area (TPSA) is 29.5 Å². The lowest BCUT2D eigenvalue weighted by atomic mass is 9.64. The Bertz CT molecular complexity index is 305. The van der Waals surface area contributed by atoms with Crippen molar-refractivity contribution >= 4 is 5.91 Å². The molecule has 3 nitrogen and oxygen atoms in total. The van der Waals surface area contributed by atoms with Crippen LogP contribution in [0.3, 0.4) is 0 Å². The highest BCUT2D eigenvalue weighted by Gasteiger charge is 2.60. The van der Waals surface area contributed by atoms with Crippen molar-refractivity contribution in [2.24, 2.45) is 17.3 Å². The predicted octanol–water partition coefficient (Wildman–Crippen LogP) is 2.31. The van der Waals surface area contributed by atoms with Crippen molar-refractivity contribution < 1.29 is 9.53 Å². The highest BCUT2D eigenvalue weighted by atomic mass is 16.5. The Morgan fingerprint density at radius 2 is 1.71 bits per heavy atom. The second-order valence-electron chi connectivity index (χ2n) is 6.64. The van der Waals surface area contributed by atoms with Gasteiger partial charge < -0.3 is 9.64 Å². The molecule has 1 heterocycles. The van der Waals surface area contributed by atoms with Crippen molar-refractivity contribution in [3.63, 3.8) is 0 Å². The number of piperidine rings is 1. The summed E-state index contributed by atoms with van der Waals surface area (Å²) in [7, 11) is 1.85. The summed E-state index contributed by atoms with van der Waals surface area (Å²) in [5.74, 6) is 1.20. The molecular weight excluding hydrogens is 214 g/mol. The van der Waals surface area contributed by atoms with Crippen molar-refractivity contribution in [2.75, 3.05) is 20.2 Å². The molecule has 2 rings (SSSR count). The maximum atomic E-state index is 11.6. The molecule has 2 aliphatic rings. The third-order valence-corrected chi connectivity index (χ3v) is 4.91. The van der Waals surface area contributed by atoms with Crippen molar-refractivity contribution in [1.82, 2.24) is 4.90 Å². The molecule has 0 aromatic rings. The summed E-state index contributed by atoms with van der Waals surface area (Å²) in [6.45, 7) is 10.2. The quantitative estimate of drug-likeness (QED) is 0.702. The minimum absolute atomic E-state index is 0.0427. The molecule has 0 N–H and O–H groups in total. The predicted molar refractivity (Wildman–Crippen MR) is 67.7 cm³/mol. The average Bonchev–Trinajstić information content (AvgIpc) is 2.43. The molecule has 2 atom stereocenters. The van der Waals surface area contributed by atoms with E-state index in [0.29, 0.717) is 11.8 Å². The molecule has 2 bridgehead atoms. The van der Waals surface area contributed by atoms with Crippen LogP contribution in [-0.2, 0) is 9.53 Å². The van der Waals surface area contributed by atoms with Gasteiger partial charge in [-0.15, -0.1) is 0 Å². The van der Waals surface area contributed by atoms with Gasteiger partial charge in [-0.3, -0.25) is 4.79 Å². The zero-order valence-electron chi connectivity index (χ0n) is 11.7. The SMILES string of the molecule is COC1(C(C)(C)C)C2CCC1CN(C(C)=O)C2. The van der Waals surface area contributed by atoms with Gasteiger partial charge in [0.05, 0.1) is 5.60 Å². The van der Waals surface area contributed by atoms with Crippen LogP contribution in [0.15, 0.2) is 0 Å². The van der Waals surface area contributed by atoms with Gasteiger partial charge in [-0.1, -0.05) is 20.8 Å². The number of likely N-dealkylation sites (tertiary alicyclic amines) is 1. The Morgan fingerprint density at radius 1 is 1.24 bits per heavy atom. The first-order valence-electron chi connectivity index (χ1n) is 6.63. The zero-order chi connectivity index (χ0) is 12.8. The Morgan fingerprint density at radius 3 is 2.00 bits per heavy atom. The molecule has 3 heteroatoms. The third kappa shape index (κ3) is 1.70. The molecule has 1 aliphatic carbocycles. The summed E-state index contributed by atoms with van der Waals surface area (Å²) in [6.07, 6.45) is 2.39. The number of carbonyl (C=O) groups excluding carboxylic acids is 1. The summed E-state index contributed by atoms with van der Waals surface area (Å²) in [6, 6.07) is 0. The van der Waals surface area contributed by atoms with E-state index in [1.54, 1.807) is 6.92 Å². The molecule has 0 radical (unpaired) electrons. The molecule has 17 heavy (non-hydrogen) atoms. The van der Waals surface area contributed by atoms with Crippen LogP contribution in [0.2, 0.25) is 0 Å². The molecule has 2 fully saturated rings. The van der Waals surface area contributed by atoms with Gasteiger partial charge in [-0.25, -0.2) is 0 Å². The number of fused-ring (bicyclic) bond motifs is 2. The van der Waals surface area contributed by atoms with Gasteiger partial charge in [-0.05, 0) is 18.3 Å². The number of nitrogens with zero attached hydrogens (tertiary/aromatic N) is 1. The molecule has 1 saturated carbocycles. The van der Waals surface area contributed by atoms with Crippen molar-refractivity contribution in [3.8, 4) is 0 Å². The van der Waals surface area contributed by atoms with Crippen LogP contribution >= 0.6 is 0 Å². The van der Waals surface area contributed by atoms with Gasteiger partial charge in [0, 0.05) is 39.0 Å². The van der Waals surface area contributed by atoms with E-state index in [-0.39, 0.29) is 16.9 Å². The Kier molecular flexibility index (Phi) is 3.01. The van der Waals surface area contributed by atoms with E-state index in [4.69, 9.17) is 4.74 Å². The van der Waals surface area contributed by atoms with Gasteiger partial charge in [0.1, 0.15) is 0 Å². The second kappa shape index (κ2) is 3.98. The van der Waals surface area contributed by atoms with Crippen LogP contribution in [0.4, 0.5) is 0 Å². The largest absolute Gasteiger partial charge is 0.377 e. The number of amides is 1. The minimum Gasteiger partial charge on any atom is -0.377 e. The minimum atomic E-state index is -0.0427.